The maximum absolute atomic E-state index is 12.2. The molecule has 1 saturated heterocycles. The molecule has 1 aliphatic rings. The number of nitrogens with zero attached hydrogens (tertiary/aromatic N) is 5. The maximum atomic E-state index is 12.2. The summed E-state index contributed by atoms with van der Waals surface area (Å²) in [5.41, 5.74) is 1.54. The van der Waals surface area contributed by atoms with Crippen LogP contribution in [-0.2, 0) is 20.2 Å². The van der Waals surface area contributed by atoms with E-state index >= 15 is 0 Å². The topological polar surface area (TPSA) is 61.9 Å². The number of ether oxygens (including phenoxy) is 1. The van der Waals surface area contributed by atoms with E-state index in [9.17, 15) is 4.79 Å². The quantitative estimate of drug-likeness (QED) is 0.314. The number of fused-ring (bicyclic) bond motifs is 1. The van der Waals surface area contributed by atoms with Crippen molar-refractivity contribution in [2.24, 2.45) is 7.05 Å². The van der Waals surface area contributed by atoms with E-state index in [2.05, 4.69) is 17.4 Å². The van der Waals surface area contributed by atoms with E-state index in [1.807, 2.05) is 35.1 Å². The Kier molecular flexibility index (Phi) is 6.94. The Labute approximate surface area is 187 Å². The van der Waals surface area contributed by atoms with E-state index in [0.717, 1.165) is 29.6 Å². The summed E-state index contributed by atoms with van der Waals surface area (Å²) in [6, 6.07) is 9.28. The Morgan fingerprint density at radius 1 is 1.21 bits per heavy atom. The third-order valence-corrected chi connectivity index (χ3v) is 5.81. The van der Waals surface area contributed by atoms with Gasteiger partial charge in [0.1, 0.15) is 18.1 Å². The van der Waals surface area contributed by atoms with Crippen molar-refractivity contribution in [3.05, 3.63) is 52.6 Å². The lowest BCUT2D eigenvalue weighted by Crippen LogP contribution is -3.00. The van der Waals surface area contributed by atoms with Gasteiger partial charge in [0.25, 0.3) is 5.56 Å². The first kappa shape index (κ1) is 21.8. The van der Waals surface area contributed by atoms with Gasteiger partial charge < -0.3 is 37.8 Å². The van der Waals surface area contributed by atoms with Crippen molar-refractivity contribution in [3.8, 4) is 5.75 Å². The first-order valence-corrected chi connectivity index (χ1v) is 9.98. The van der Waals surface area contributed by atoms with Crippen molar-refractivity contribution in [1.82, 2.24) is 19.6 Å². The Morgan fingerprint density at radius 2 is 1.97 bits per heavy atom. The lowest BCUT2D eigenvalue weighted by atomic mass is 10.2. The smallest absolute Gasteiger partial charge is 0.254 e. The molecule has 0 saturated carbocycles. The molecule has 3 heterocycles. The van der Waals surface area contributed by atoms with Crippen LogP contribution in [0.5, 0.6) is 5.75 Å². The number of para-hydroxylation sites is 1. The Balaban J connectivity index is 0.00000240. The minimum atomic E-state index is -0.0871. The third kappa shape index (κ3) is 4.98. The van der Waals surface area contributed by atoms with Gasteiger partial charge in [0, 0.05) is 44.3 Å². The number of quaternary nitrogens is 1. The van der Waals surface area contributed by atoms with Crippen LogP contribution in [0.15, 0.2) is 41.3 Å². The molecule has 8 heteroatoms. The second-order valence-electron chi connectivity index (χ2n) is 8.04. The van der Waals surface area contributed by atoms with Crippen LogP contribution >= 0.6 is 0 Å². The molecule has 0 N–H and O–H groups in total. The molecule has 0 amide bonds. The number of rotatable bonds is 7. The number of likely N-dealkylation sites (tertiary alicyclic amines) is 1. The minimum Gasteiger partial charge on any atom is -1.00 e. The van der Waals surface area contributed by atoms with Gasteiger partial charge in [-0.1, -0.05) is 17.3 Å². The summed E-state index contributed by atoms with van der Waals surface area (Å²) in [6.07, 6.45) is 5.73. The second-order valence-corrected chi connectivity index (χ2v) is 8.04. The van der Waals surface area contributed by atoms with Crippen molar-refractivity contribution in [3.63, 3.8) is 0 Å². The highest BCUT2D eigenvalue weighted by molar-refractivity contribution is 5.85. The molecular weight excluding hydrogens is 481 g/mol. The number of aromatic nitrogens is 4. The van der Waals surface area contributed by atoms with Gasteiger partial charge in [-0.3, -0.25) is 9.48 Å². The van der Waals surface area contributed by atoms with Crippen molar-refractivity contribution in [2.75, 3.05) is 26.7 Å². The Morgan fingerprint density at radius 3 is 2.76 bits per heavy atom. The predicted molar refractivity (Wildman–Crippen MR) is 108 cm³/mol. The normalized spacial score (nSPS) is 15.4. The fraction of sp³-hybridized carbons (Fsp3) is 0.476. The molecule has 4 rings (SSSR count). The van der Waals surface area contributed by atoms with E-state index < -0.39 is 0 Å². The number of benzene rings is 1. The molecule has 3 aromatic rings. The van der Waals surface area contributed by atoms with E-state index in [-0.39, 0.29) is 29.5 Å². The van der Waals surface area contributed by atoms with Crippen LogP contribution in [0, 0.1) is 0 Å². The average Bonchev–Trinajstić information content (AvgIpc) is 3.33. The van der Waals surface area contributed by atoms with Crippen LogP contribution in [0.2, 0.25) is 0 Å². The lowest BCUT2D eigenvalue weighted by Gasteiger charge is -2.28. The van der Waals surface area contributed by atoms with Crippen LogP contribution in [-0.4, -0.2) is 50.7 Å². The van der Waals surface area contributed by atoms with Crippen LogP contribution in [0.25, 0.3) is 10.9 Å². The number of pyridine rings is 1. The van der Waals surface area contributed by atoms with Crippen LogP contribution in [0.1, 0.15) is 25.0 Å². The molecule has 29 heavy (non-hydrogen) atoms. The molecule has 1 aromatic carbocycles. The molecule has 1 aliphatic heterocycles. The summed E-state index contributed by atoms with van der Waals surface area (Å²) in [5, 5.41) is 9.36. The minimum absolute atomic E-state index is 0. The zero-order valence-corrected chi connectivity index (χ0v) is 19.2. The van der Waals surface area contributed by atoms with Crippen molar-refractivity contribution in [2.45, 2.75) is 32.4 Å². The van der Waals surface area contributed by atoms with Gasteiger partial charge in [-0.2, -0.15) is 0 Å². The lowest BCUT2D eigenvalue weighted by molar-refractivity contribution is -0.897. The van der Waals surface area contributed by atoms with Gasteiger partial charge >= 0.3 is 0 Å². The standard InChI is InChI=1S/C21H28N5O2.HI/c1-24-19-9-4-3-8-18(19)20(14-21(24)27)28-16-17-15-25(23-22-17)10-7-13-26(2)11-5-6-12-26;/h3-4,8-9,14-15H,5-7,10-13,16H2,1-2H3;1H/q+1;/p-1. The summed E-state index contributed by atoms with van der Waals surface area (Å²) in [6.45, 7) is 4.94. The summed E-state index contributed by atoms with van der Waals surface area (Å²) in [4.78, 5) is 12.2. The van der Waals surface area contributed by atoms with Gasteiger partial charge in [-0.15, -0.1) is 5.10 Å². The average molecular weight is 509 g/mol. The molecule has 2 aromatic heterocycles. The number of aryl methyl sites for hydroxylation is 2. The van der Waals surface area contributed by atoms with E-state index in [4.69, 9.17) is 4.74 Å². The van der Waals surface area contributed by atoms with Gasteiger partial charge in [-0.05, 0) is 12.1 Å². The fourth-order valence-corrected chi connectivity index (χ4v) is 4.10. The van der Waals surface area contributed by atoms with Crippen LogP contribution in [0.3, 0.4) is 0 Å². The van der Waals surface area contributed by atoms with Crippen LogP contribution in [0.4, 0.5) is 0 Å². The van der Waals surface area contributed by atoms with Crippen molar-refractivity contribution >= 4 is 10.9 Å². The number of halogens is 1. The van der Waals surface area contributed by atoms with Gasteiger partial charge in [0.2, 0.25) is 0 Å². The fourth-order valence-electron chi connectivity index (χ4n) is 4.10. The summed E-state index contributed by atoms with van der Waals surface area (Å²) >= 11 is 0. The molecule has 0 atom stereocenters. The van der Waals surface area contributed by atoms with E-state index in [0.29, 0.717) is 12.4 Å². The van der Waals surface area contributed by atoms with E-state index in [1.54, 1.807) is 11.6 Å². The zero-order chi connectivity index (χ0) is 19.6. The Hall–Kier alpha value is -1.94. The van der Waals surface area contributed by atoms with E-state index in [1.165, 1.54) is 43.0 Å². The van der Waals surface area contributed by atoms with Crippen LogP contribution < -0.4 is 34.3 Å². The molecule has 0 spiro atoms. The molecule has 156 valence electrons. The predicted octanol–water partition coefficient (Wildman–Crippen LogP) is -0.656. The highest BCUT2D eigenvalue weighted by Crippen LogP contribution is 2.23. The first-order chi connectivity index (χ1) is 13.5. The third-order valence-electron chi connectivity index (χ3n) is 5.81. The summed E-state index contributed by atoms with van der Waals surface area (Å²) < 4.78 is 10.6. The van der Waals surface area contributed by atoms with Crippen molar-refractivity contribution < 1.29 is 33.2 Å². The Bertz CT molecular complexity index is 1020. The second kappa shape index (κ2) is 9.25. The SMILES string of the molecule is Cn1c(=O)cc(OCc2cn(CCC[N+]3(C)CCCC3)nn2)c2ccccc21.[I-]. The molecule has 0 aliphatic carbocycles. The zero-order valence-electron chi connectivity index (χ0n) is 17.1. The van der Waals surface area contributed by atoms with Gasteiger partial charge in [0.15, 0.2) is 0 Å². The van der Waals surface area contributed by atoms with Crippen molar-refractivity contribution in [1.29, 1.82) is 0 Å². The monoisotopic (exact) mass is 509 g/mol. The molecular formula is C21H28IN5O2. The number of hydrogen-bond donors (Lipinski definition) is 0. The van der Waals surface area contributed by atoms with Gasteiger partial charge in [0.05, 0.1) is 38.4 Å². The molecule has 0 radical (unpaired) electrons. The largest absolute Gasteiger partial charge is 1.00 e. The summed E-state index contributed by atoms with van der Waals surface area (Å²) in [7, 11) is 4.12. The molecule has 7 nitrogen and oxygen atoms in total. The highest BCUT2D eigenvalue weighted by atomic mass is 127. The number of hydrogen-bond acceptors (Lipinski definition) is 4. The molecule has 0 unspecified atom stereocenters. The highest BCUT2D eigenvalue weighted by Gasteiger charge is 2.25. The molecule has 1 fully saturated rings. The van der Waals surface area contributed by atoms with Gasteiger partial charge in [-0.25, -0.2) is 0 Å². The first-order valence-electron chi connectivity index (χ1n) is 9.98. The summed E-state index contributed by atoms with van der Waals surface area (Å²) in [5.74, 6) is 0.583. The maximum Gasteiger partial charge on any atom is 0.254 e. The molecule has 0 bridgehead atoms.